The van der Waals surface area contributed by atoms with E-state index >= 15 is 0 Å². The molecule has 6 rings (SSSR count). The van der Waals surface area contributed by atoms with Crippen molar-refractivity contribution in [3.05, 3.63) is 11.6 Å². The summed E-state index contributed by atoms with van der Waals surface area (Å²) < 4.78 is 1.81. The molecule has 4 fully saturated rings. The van der Waals surface area contributed by atoms with Crippen molar-refractivity contribution >= 4 is 34.5 Å². The summed E-state index contributed by atoms with van der Waals surface area (Å²) in [5.74, 6) is 1.40. The van der Waals surface area contributed by atoms with Crippen molar-refractivity contribution in [1.82, 2.24) is 19.5 Å². The number of halogens is 1. The van der Waals surface area contributed by atoms with Crippen LogP contribution in [0.1, 0.15) is 52.0 Å². The second-order valence-electron chi connectivity index (χ2n) is 10.8. The quantitative estimate of drug-likeness (QED) is 0.522. The number of hydrogen-bond acceptors (Lipinski definition) is 7. The molecule has 0 aromatic carbocycles. The molecule has 2 aromatic rings. The first-order valence-corrected chi connectivity index (χ1v) is 12.5. The van der Waals surface area contributed by atoms with Gasteiger partial charge in [-0.1, -0.05) is 13.8 Å². The number of fused-ring (bicyclic) bond motifs is 2. The van der Waals surface area contributed by atoms with Gasteiger partial charge in [-0.05, 0) is 73.3 Å². The number of hydrogen-bond donors (Lipinski definition) is 3. The van der Waals surface area contributed by atoms with Crippen molar-refractivity contribution in [2.24, 2.45) is 35.3 Å². The summed E-state index contributed by atoms with van der Waals surface area (Å²) >= 11 is 6.41. The molecule has 33 heavy (non-hydrogen) atoms. The van der Waals surface area contributed by atoms with Crippen LogP contribution < -0.4 is 10.6 Å². The highest BCUT2D eigenvalue weighted by molar-refractivity contribution is 6.28. The smallest absolute Gasteiger partial charge is 0.245 e. The minimum absolute atomic E-state index is 0.0219. The minimum atomic E-state index is -0.888. The zero-order valence-electron chi connectivity index (χ0n) is 18.9. The average Bonchev–Trinajstić information content (AvgIpc) is 3.64. The van der Waals surface area contributed by atoms with Crippen molar-refractivity contribution in [3.63, 3.8) is 0 Å². The first kappa shape index (κ1) is 21.7. The van der Waals surface area contributed by atoms with E-state index in [0.29, 0.717) is 28.8 Å². The van der Waals surface area contributed by atoms with E-state index in [1.807, 2.05) is 18.4 Å². The van der Waals surface area contributed by atoms with Gasteiger partial charge in [0.25, 0.3) is 0 Å². The van der Waals surface area contributed by atoms with Gasteiger partial charge in [-0.25, -0.2) is 4.98 Å². The molecule has 0 unspecified atom stereocenters. The van der Waals surface area contributed by atoms with Crippen LogP contribution in [0, 0.1) is 29.6 Å². The van der Waals surface area contributed by atoms with Crippen LogP contribution in [0.4, 0.5) is 5.82 Å². The van der Waals surface area contributed by atoms with Crippen molar-refractivity contribution in [2.75, 3.05) is 4.90 Å². The first-order chi connectivity index (χ1) is 15.8. The van der Waals surface area contributed by atoms with Gasteiger partial charge in [0.2, 0.25) is 11.2 Å². The van der Waals surface area contributed by atoms with Gasteiger partial charge >= 0.3 is 0 Å². The lowest BCUT2D eigenvalue weighted by Gasteiger charge is -2.34. The number of amides is 1. The Hall–Kier alpha value is -1.81. The molecule has 4 saturated carbocycles. The van der Waals surface area contributed by atoms with Gasteiger partial charge in [-0.15, -0.1) is 0 Å². The van der Waals surface area contributed by atoms with E-state index in [9.17, 15) is 15.0 Å². The van der Waals surface area contributed by atoms with Gasteiger partial charge in [0.1, 0.15) is 6.10 Å². The summed E-state index contributed by atoms with van der Waals surface area (Å²) in [6, 6.07) is -0.943. The SMILES string of the molecule is CC(C)[C@H](N)C(=O)N(c1nc(Cl)nc2c1ncn2[C@H]1[C@H](O)[C@H](O)[C@@H]2C[C@@H]21)C(C1CC1)C1CC1. The zero-order valence-corrected chi connectivity index (χ0v) is 19.6. The predicted molar refractivity (Wildman–Crippen MR) is 123 cm³/mol. The number of carbonyl (C=O) groups excluding carboxylic acids is 1. The van der Waals surface area contributed by atoms with Crippen LogP contribution in [0.5, 0.6) is 0 Å². The largest absolute Gasteiger partial charge is 0.390 e. The number of nitrogens with two attached hydrogens (primary N) is 1. The van der Waals surface area contributed by atoms with Gasteiger partial charge in [0.05, 0.1) is 24.5 Å². The van der Waals surface area contributed by atoms with Crippen molar-refractivity contribution in [3.8, 4) is 0 Å². The summed E-state index contributed by atoms with van der Waals surface area (Å²) in [4.78, 5) is 29.1. The molecule has 4 aliphatic rings. The molecular formula is C23H31ClN6O3. The van der Waals surface area contributed by atoms with E-state index < -0.39 is 18.2 Å². The number of aliphatic hydroxyl groups excluding tert-OH is 2. The molecular weight excluding hydrogens is 444 g/mol. The van der Waals surface area contributed by atoms with E-state index in [4.69, 9.17) is 17.3 Å². The standard InChI is InChI=1S/C23H31ClN6O3/c1-9(2)14(25)22(33)30(16(10-3-4-10)11-5-6-11)21-15-20(27-23(24)28-21)29(8-26-15)17-12-7-13(12)18(31)19(17)32/h8-14,16-19,31-32H,3-7,25H2,1-2H3/t12-,13+,14-,17+,18+,19-/m0/s1. The Balaban J connectivity index is 1.48. The maximum Gasteiger partial charge on any atom is 0.245 e. The fourth-order valence-electron chi connectivity index (χ4n) is 5.88. The average molecular weight is 475 g/mol. The lowest BCUT2D eigenvalue weighted by atomic mass is 9.99. The summed E-state index contributed by atoms with van der Waals surface area (Å²) in [7, 11) is 0. The second-order valence-corrected chi connectivity index (χ2v) is 11.2. The molecule has 178 valence electrons. The molecule has 1 amide bonds. The van der Waals surface area contributed by atoms with Crippen LogP contribution in [0.15, 0.2) is 6.33 Å². The summed E-state index contributed by atoms with van der Waals surface area (Å²) in [6.45, 7) is 3.89. The number of anilines is 1. The predicted octanol–water partition coefficient (Wildman–Crippen LogP) is 1.90. The maximum atomic E-state index is 13.8. The second kappa shape index (κ2) is 7.60. The number of nitrogens with zero attached hydrogens (tertiary/aromatic N) is 5. The molecule has 4 aliphatic carbocycles. The zero-order chi connectivity index (χ0) is 23.2. The molecule has 0 aliphatic heterocycles. The van der Waals surface area contributed by atoms with Crippen molar-refractivity contribution in [2.45, 2.75) is 76.3 Å². The molecule has 0 saturated heterocycles. The highest BCUT2D eigenvalue weighted by Gasteiger charge is 2.60. The number of aliphatic hydroxyl groups is 2. The molecule has 6 atom stereocenters. The molecule has 2 aromatic heterocycles. The normalized spacial score (nSPS) is 31.9. The van der Waals surface area contributed by atoms with Gasteiger partial charge in [0.15, 0.2) is 17.0 Å². The maximum absolute atomic E-state index is 13.8. The van der Waals surface area contributed by atoms with Crippen LogP contribution in [0.2, 0.25) is 5.28 Å². The number of rotatable bonds is 7. The summed E-state index contributed by atoms with van der Waals surface area (Å²) in [5.41, 5.74) is 7.34. The monoisotopic (exact) mass is 474 g/mol. The van der Waals surface area contributed by atoms with E-state index in [1.54, 1.807) is 11.2 Å². The highest BCUT2D eigenvalue weighted by atomic mass is 35.5. The van der Waals surface area contributed by atoms with Gasteiger partial charge in [-0.3, -0.25) is 9.69 Å². The number of imidazole rings is 1. The molecule has 0 bridgehead atoms. The molecule has 10 heteroatoms. The molecule has 0 spiro atoms. The first-order valence-electron chi connectivity index (χ1n) is 12.1. The van der Waals surface area contributed by atoms with Crippen LogP contribution in [0.3, 0.4) is 0 Å². The Labute approximate surface area is 197 Å². The van der Waals surface area contributed by atoms with Gasteiger partial charge in [-0.2, -0.15) is 9.97 Å². The lowest BCUT2D eigenvalue weighted by molar-refractivity contribution is -0.121. The highest BCUT2D eigenvalue weighted by Crippen LogP contribution is 2.58. The third kappa shape index (κ3) is 3.47. The van der Waals surface area contributed by atoms with E-state index in [1.165, 1.54) is 0 Å². The topological polar surface area (TPSA) is 130 Å². The van der Waals surface area contributed by atoms with Crippen LogP contribution in [-0.4, -0.2) is 59.9 Å². The van der Waals surface area contributed by atoms with Gasteiger partial charge in [0, 0.05) is 6.04 Å². The molecule has 4 N–H and O–H groups in total. The fourth-order valence-corrected chi connectivity index (χ4v) is 6.04. The minimum Gasteiger partial charge on any atom is -0.390 e. The third-order valence-electron chi connectivity index (χ3n) is 8.14. The van der Waals surface area contributed by atoms with E-state index in [-0.39, 0.29) is 41.0 Å². The van der Waals surface area contributed by atoms with Crippen LogP contribution >= 0.6 is 11.6 Å². The van der Waals surface area contributed by atoms with E-state index in [2.05, 4.69) is 15.0 Å². The Bertz CT molecular complexity index is 1090. The molecule has 0 radical (unpaired) electrons. The Morgan fingerprint density at radius 2 is 1.82 bits per heavy atom. The summed E-state index contributed by atoms with van der Waals surface area (Å²) in [6.07, 6.45) is 5.23. The third-order valence-corrected chi connectivity index (χ3v) is 8.31. The Morgan fingerprint density at radius 1 is 1.15 bits per heavy atom. The van der Waals surface area contributed by atoms with Crippen LogP contribution in [0.25, 0.3) is 11.2 Å². The number of carbonyl (C=O) groups is 1. The molecule has 9 nitrogen and oxygen atoms in total. The van der Waals surface area contributed by atoms with Crippen molar-refractivity contribution < 1.29 is 15.0 Å². The van der Waals surface area contributed by atoms with E-state index in [0.717, 1.165) is 32.1 Å². The molecule has 2 heterocycles. The fraction of sp³-hybridized carbons (Fsp3) is 0.739. The number of aromatic nitrogens is 4. The Morgan fingerprint density at radius 3 is 2.36 bits per heavy atom. The Kier molecular flexibility index (Phi) is 5.00. The van der Waals surface area contributed by atoms with Crippen LogP contribution in [-0.2, 0) is 4.79 Å². The summed E-state index contributed by atoms with van der Waals surface area (Å²) in [5, 5.41) is 21.0. The van der Waals surface area contributed by atoms with Crippen molar-refractivity contribution in [1.29, 1.82) is 0 Å². The lowest BCUT2D eigenvalue weighted by Crippen LogP contribution is -2.53. The van der Waals surface area contributed by atoms with Gasteiger partial charge < -0.3 is 20.5 Å².